The summed E-state index contributed by atoms with van der Waals surface area (Å²) in [6.45, 7) is 0.0378. The van der Waals surface area contributed by atoms with Gasteiger partial charge in [0.05, 0.1) is 23.7 Å². The van der Waals surface area contributed by atoms with Crippen molar-refractivity contribution in [2.75, 3.05) is 18.5 Å². The second kappa shape index (κ2) is 5.90. The van der Waals surface area contributed by atoms with Crippen LogP contribution in [-0.2, 0) is 0 Å². The molecule has 1 aromatic carbocycles. The summed E-state index contributed by atoms with van der Waals surface area (Å²) < 4.78 is 0. The number of imidazole rings is 1. The van der Waals surface area contributed by atoms with Crippen LogP contribution in [0.2, 0.25) is 0 Å². The fourth-order valence-corrected chi connectivity index (χ4v) is 2.06. The molecule has 0 fully saturated rings. The van der Waals surface area contributed by atoms with Gasteiger partial charge in [0.1, 0.15) is 5.82 Å². The summed E-state index contributed by atoms with van der Waals surface area (Å²) in [5.74, 6) is 0.769. The van der Waals surface area contributed by atoms with Crippen LogP contribution in [0.1, 0.15) is 0 Å². The summed E-state index contributed by atoms with van der Waals surface area (Å²) in [5, 5.41) is 21.2. The zero-order chi connectivity index (χ0) is 14.7. The molecule has 0 aliphatic heterocycles. The molecule has 108 valence electrons. The van der Waals surface area contributed by atoms with E-state index in [4.69, 9.17) is 5.11 Å². The summed E-state index contributed by atoms with van der Waals surface area (Å²) in [7, 11) is 0. The van der Waals surface area contributed by atoms with E-state index >= 15 is 0 Å². The number of H-pyrrole nitrogens is 1. The van der Waals surface area contributed by atoms with Crippen molar-refractivity contribution in [1.82, 2.24) is 15.0 Å². The molecule has 0 aliphatic carbocycles. The quantitative estimate of drug-likeness (QED) is 0.568. The van der Waals surface area contributed by atoms with E-state index in [9.17, 15) is 5.11 Å². The van der Waals surface area contributed by atoms with Crippen molar-refractivity contribution in [3.63, 3.8) is 0 Å². The first kappa shape index (κ1) is 13.5. The Hall–Kier alpha value is -2.44. The minimum atomic E-state index is -0.770. The second-order valence-corrected chi connectivity index (χ2v) is 4.78. The minimum absolute atomic E-state index is 0.259. The highest BCUT2D eigenvalue weighted by Crippen LogP contribution is 2.22. The number of aromatic nitrogens is 3. The molecule has 0 radical (unpaired) electrons. The summed E-state index contributed by atoms with van der Waals surface area (Å²) in [4.78, 5) is 11.9. The Morgan fingerprint density at radius 1 is 1.29 bits per heavy atom. The lowest BCUT2D eigenvalue weighted by Crippen LogP contribution is -2.22. The first-order chi connectivity index (χ1) is 10.3. The summed E-state index contributed by atoms with van der Waals surface area (Å²) >= 11 is 0. The summed E-state index contributed by atoms with van der Waals surface area (Å²) in [6, 6.07) is 9.53. The number of aliphatic hydroxyl groups excluding tert-OH is 2. The van der Waals surface area contributed by atoms with Crippen LogP contribution in [0, 0.1) is 0 Å². The van der Waals surface area contributed by atoms with Gasteiger partial charge in [-0.25, -0.2) is 4.98 Å². The lowest BCUT2D eigenvalue weighted by atomic mass is 10.2. The smallest absolute Gasteiger partial charge is 0.140 e. The van der Waals surface area contributed by atoms with E-state index in [0.29, 0.717) is 6.54 Å². The maximum absolute atomic E-state index is 9.35. The second-order valence-electron chi connectivity index (χ2n) is 4.78. The predicted octanol–water partition coefficient (Wildman–Crippen LogP) is 1.39. The van der Waals surface area contributed by atoms with Crippen LogP contribution in [0.3, 0.4) is 0 Å². The van der Waals surface area contributed by atoms with E-state index in [1.165, 1.54) is 0 Å². The van der Waals surface area contributed by atoms with Gasteiger partial charge >= 0.3 is 0 Å². The Morgan fingerprint density at radius 2 is 2.19 bits per heavy atom. The number of pyridine rings is 1. The molecule has 0 spiro atoms. The molecule has 6 heteroatoms. The molecule has 0 aliphatic rings. The Bertz CT molecular complexity index is 727. The van der Waals surface area contributed by atoms with Crippen molar-refractivity contribution >= 4 is 16.7 Å². The minimum Gasteiger partial charge on any atom is -0.394 e. The molecule has 1 unspecified atom stereocenters. The van der Waals surface area contributed by atoms with Gasteiger partial charge in [-0.15, -0.1) is 0 Å². The largest absolute Gasteiger partial charge is 0.394 e. The first-order valence-corrected chi connectivity index (χ1v) is 6.69. The van der Waals surface area contributed by atoms with E-state index in [1.54, 1.807) is 12.4 Å². The molecule has 21 heavy (non-hydrogen) atoms. The standard InChI is InChI=1S/C15H16N4O2/c20-9-12(21)8-17-11-3-4-13-14(6-11)19-15(18-13)10-2-1-5-16-7-10/h1-7,12,17,20-21H,8-9H2,(H,18,19). The SMILES string of the molecule is OCC(O)CNc1ccc2nc(-c3cccnc3)[nH]c2c1. The molecular formula is C15H16N4O2. The van der Waals surface area contributed by atoms with Crippen LogP contribution < -0.4 is 5.32 Å². The molecular weight excluding hydrogens is 268 g/mol. The highest BCUT2D eigenvalue weighted by molar-refractivity contribution is 5.82. The van der Waals surface area contributed by atoms with E-state index in [1.807, 2.05) is 30.3 Å². The van der Waals surface area contributed by atoms with Gasteiger partial charge in [0, 0.05) is 30.2 Å². The molecule has 0 saturated heterocycles. The molecule has 2 heterocycles. The maximum atomic E-state index is 9.35. The van der Waals surface area contributed by atoms with Crippen molar-refractivity contribution in [3.05, 3.63) is 42.7 Å². The fourth-order valence-electron chi connectivity index (χ4n) is 2.06. The normalized spacial score (nSPS) is 12.5. The van der Waals surface area contributed by atoms with Gasteiger partial charge in [0.25, 0.3) is 0 Å². The van der Waals surface area contributed by atoms with Gasteiger partial charge in [-0.3, -0.25) is 4.98 Å². The molecule has 6 nitrogen and oxygen atoms in total. The number of aliphatic hydroxyl groups is 2. The summed E-state index contributed by atoms with van der Waals surface area (Å²) in [6.07, 6.45) is 2.71. The van der Waals surface area contributed by atoms with Crippen LogP contribution in [0.4, 0.5) is 5.69 Å². The van der Waals surface area contributed by atoms with Gasteiger partial charge in [-0.05, 0) is 30.3 Å². The molecule has 3 rings (SSSR count). The first-order valence-electron chi connectivity index (χ1n) is 6.69. The molecule has 0 saturated carbocycles. The Balaban J connectivity index is 1.85. The molecule has 3 aromatic rings. The Labute approximate surface area is 121 Å². The van der Waals surface area contributed by atoms with Gasteiger partial charge in [-0.2, -0.15) is 0 Å². The third-order valence-corrected chi connectivity index (χ3v) is 3.17. The number of rotatable bonds is 5. The zero-order valence-electron chi connectivity index (χ0n) is 11.3. The number of aromatic amines is 1. The molecule has 1 atom stereocenters. The number of hydrogen-bond donors (Lipinski definition) is 4. The van der Waals surface area contributed by atoms with Gasteiger partial charge in [0.2, 0.25) is 0 Å². The molecule has 0 bridgehead atoms. The van der Waals surface area contributed by atoms with Gasteiger partial charge in [-0.1, -0.05) is 0 Å². The van der Waals surface area contributed by atoms with Gasteiger partial charge in [0.15, 0.2) is 0 Å². The number of fused-ring (bicyclic) bond motifs is 1. The number of hydrogen-bond acceptors (Lipinski definition) is 5. The number of benzene rings is 1. The van der Waals surface area contributed by atoms with E-state index in [2.05, 4.69) is 20.3 Å². The van der Waals surface area contributed by atoms with Crippen LogP contribution in [0.25, 0.3) is 22.4 Å². The number of nitrogens with one attached hydrogen (secondary N) is 2. The third kappa shape index (κ3) is 3.01. The maximum Gasteiger partial charge on any atom is 0.140 e. The lowest BCUT2D eigenvalue weighted by Gasteiger charge is -2.09. The lowest BCUT2D eigenvalue weighted by molar-refractivity contribution is 0.105. The van der Waals surface area contributed by atoms with Crippen LogP contribution in [0.5, 0.6) is 0 Å². The van der Waals surface area contributed by atoms with Gasteiger partial charge < -0.3 is 20.5 Å². The molecule has 2 aromatic heterocycles. The number of anilines is 1. The Morgan fingerprint density at radius 3 is 2.95 bits per heavy atom. The van der Waals surface area contributed by atoms with Crippen LogP contribution >= 0.6 is 0 Å². The number of nitrogens with zero attached hydrogens (tertiary/aromatic N) is 2. The van der Waals surface area contributed by atoms with E-state index in [-0.39, 0.29) is 6.61 Å². The van der Waals surface area contributed by atoms with Crippen molar-refractivity contribution < 1.29 is 10.2 Å². The topological polar surface area (TPSA) is 94.1 Å². The van der Waals surface area contributed by atoms with E-state index in [0.717, 1.165) is 28.1 Å². The summed E-state index contributed by atoms with van der Waals surface area (Å²) in [5.41, 5.74) is 3.55. The average molecular weight is 284 g/mol. The fraction of sp³-hybridized carbons (Fsp3) is 0.200. The molecule has 4 N–H and O–H groups in total. The van der Waals surface area contributed by atoms with Crippen molar-refractivity contribution in [3.8, 4) is 11.4 Å². The van der Waals surface area contributed by atoms with Crippen LogP contribution in [-0.4, -0.2) is 44.4 Å². The van der Waals surface area contributed by atoms with Crippen molar-refractivity contribution in [1.29, 1.82) is 0 Å². The van der Waals surface area contributed by atoms with Crippen molar-refractivity contribution in [2.24, 2.45) is 0 Å². The molecule has 0 amide bonds. The van der Waals surface area contributed by atoms with Crippen LogP contribution in [0.15, 0.2) is 42.7 Å². The zero-order valence-corrected chi connectivity index (χ0v) is 11.3. The highest BCUT2D eigenvalue weighted by atomic mass is 16.3. The van der Waals surface area contributed by atoms with Crippen molar-refractivity contribution in [2.45, 2.75) is 6.10 Å². The van der Waals surface area contributed by atoms with E-state index < -0.39 is 6.10 Å². The average Bonchev–Trinajstić information content (AvgIpc) is 2.96. The monoisotopic (exact) mass is 284 g/mol. The third-order valence-electron chi connectivity index (χ3n) is 3.17. The Kier molecular flexibility index (Phi) is 3.81. The highest BCUT2D eigenvalue weighted by Gasteiger charge is 2.07. The predicted molar refractivity (Wildman–Crippen MR) is 80.9 cm³/mol.